The number of alkyl halides is 2. The van der Waals surface area contributed by atoms with E-state index in [1.807, 2.05) is 0 Å². The third-order valence-electron chi connectivity index (χ3n) is 6.25. The molecule has 0 atom stereocenters. The Morgan fingerprint density at radius 1 is 1.03 bits per heavy atom. The predicted octanol–water partition coefficient (Wildman–Crippen LogP) is 2.32. The molecule has 1 amide bonds. The lowest BCUT2D eigenvalue weighted by Gasteiger charge is -2.40. The Morgan fingerprint density at radius 2 is 1.72 bits per heavy atom. The Kier molecular flexibility index (Phi) is 7.27. The number of halogens is 2. The van der Waals surface area contributed by atoms with E-state index < -0.39 is 30.7 Å². The van der Waals surface area contributed by atoms with E-state index >= 15 is 0 Å². The molecule has 2 aromatic carbocycles. The molecule has 0 aliphatic carbocycles. The third kappa shape index (κ3) is 4.65. The van der Waals surface area contributed by atoms with E-state index in [-0.39, 0.29) is 29.6 Å². The van der Waals surface area contributed by atoms with Gasteiger partial charge in [0.25, 0.3) is 5.56 Å². The van der Waals surface area contributed by atoms with Crippen molar-refractivity contribution in [1.29, 1.82) is 0 Å². The van der Waals surface area contributed by atoms with Crippen molar-refractivity contribution in [3.05, 3.63) is 62.8 Å². The van der Waals surface area contributed by atoms with Crippen molar-refractivity contribution in [3.63, 3.8) is 0 Å². The summed E-state index contributed by atoms with van der Waals surface area (Å²) in [4.78, 5) is 40.4. The fourth-order valence-corrected chi connectivity index (χ4v) is 4.26. The zero-order valence-corrected chi connectivity index (χ0v) is 20.2. The summed E-state index contributed by atoms with van der Waals surface area (Å²) >= 11 is 0. The average Bonchev–Trinajstić information content (AvgIpc) is 2.85. The highest BCUT2D eigenvalue weighted by molar-refractivity contribution is 5.80. The van der Waals surface area contributed by atoms with Gasteiger partial charge in [0.2, 0.25) is 5.91 Å². The maximum atomic E-state index is 13.6. The second-order valence-corrected chi connectivity index (χ2v) is 8.54. The van der Waals surface area contributed by atoms with Gasteiger partial charge in [0.1, 0.15) is 19.1 Å². The first kappa shape index (κ1) is 25.2. The fraction of sp³-hybridized carbons (Fsp3) is 0.400. The number of carbonyl (C=O) groups is 1. The van der Waals surface area contributed by atoms with Gasteiger partial charge in [-0.15, -0.1) is 0 Å². The fourth-order valence-electron chi connectivity index (χ4n) is 4.26. The highest BCUT2D eigenvalue weighted by Crippen LogP contribution is 2.28. The first-order valence-electron chi connectivity index (χ1n) is 11.3. The van der Waals surface area contributed by atoms with Crippen molar-refractivity contribution in [3.8, 4) is 17.2 Å². The number of carbonyl (C=O) groups excluding carboxylic acids is 1. The smallest absolute Gasteiger partial charge is 0.332 e. The molecule has 0 saturated carbocycles. The predicted molar refractivity (Wildman–Crippen MR) is 129 cm³/mol. The number of hydrogen-bond acceptors (Lipinski definition) is 6. The first-order valence-corrected chi connectivity index (χ1v) is 11.3. The number of nitrogens with zero attached hydrogens (tertiary/aromatic N) is 3. The summed E-state index contributed by atoms with van der Waals surface area (Å²) in [6.45, 7) is -0.0163. The van der Waals surface area contributed by atoms with Crippen LogP contribution in [0.3, 0.4) is 0 Å². The van der Waals surface area contributed by atoms with Gasteiger partial charge in [-0.2, -0.15) is 0 Å². The van der Waals surface area contributed by atoms with Gasteiger partial charge < -0.3 is 19.1 Å². The highest BCUT2D eigenvalue weighted by Gasteiger charge is 2.33. The van der Waals surface area contributed by atoms with Crippen LogP contribution in [0, 0.1) is 0 Å². The van der Waals surface area contributed by atoms with E-state index in [9.17, 15) is 23.2 Å². The number of amides is 1. The Hall–Kier alpha value is -3.89. The molecule has 1 aromatic heterocycles. The summed E-state index contributed by atoms with van der Waals surface area (Å²) in [6.07, 6.45) is -1.29. The molecular weight excluding hydrogens is 476 g/mol. The summed E-state index contributed by atoms with van der Waals surface area (Å²) in [6, 6.07) is 9.11. The van der Waals surface area contributed by atoms with Gasteiger partial charge >= 0.3 is 5.69 Å². The molecule has 0 unspecified atom stereocenters. The van der Waals surface area contributed by atoms with Crippen molar-refractivity contribution in [2.24, 2.45) is 0 Å². The molecule has 11 heteroatoms. The zero-order chi connectivity index (χ0) is 26.0. The van der Waals surface area contributed by atoms with Gasteiger partial charge in [-0.3, -0.25) is 18.7 Å². The quantitative estimate of drug-likeness (QED) is 0.445. The average molecular weight is 504 g/mol. The van der Waals surface area contributed by atoms with Crippen LogP contribution in [0.25, 0.3) is 10.9 Å². The first-order chi connectivity index (χ1) is 17.3. The summed E-state index contributed by atoms with van der Waals surface area (Å²) in [5, 5.41) is 0.158. The highest BCUT2D eigenvalue weighted by atomic mass is 19.1. The number of fused-ring (bicyclic) bond motifs is 1. The number of methoxy groups -OCH3 is 2. The minimum absolute atomic E-state index is 0.0558. The van der Waals surface area contributed by atoms with Gasteiger partial charge in [0.05, 0.1) is 37.7 Å². The van der Waals surface area contributed by atoms with Crippen LogP contribution in [0.2, 0.25) is 0 Å². The zero-order valence-electron chi connectivity index (χ0n) is 20.2. The van der Waals surface area contributed by atoms with Crippen LogP contribution in [0.5, 0.6) is 17.2 Å². The van der Waals surface area contributed by atoms with Crippen molar-refractivity contribution < 1.29 is 27.8 Å². The van der Waals surface area contributed by atoms with E-state index in [0.717, 1.165) is 4.57 Å². The van der Waals surface area contributed by atoms with Crippen molar-refractivity contribution in [2.75, 3.05) is 40.7 Å². The number of ether oxygens (including phenoxy) is 3. The molecule has 0 radical (unpaired) electrons. The third-order valence-corrected chi connectivity index (χ3v) is 6.25. The van der Waals surface area contributed by atoms with Crippen LogP contribution in [0.15, 0.2) is 46.0 Å². The molecule has 192 valence electrons. The number of likely N-dealkylation sites (tertiary alicyclic amines) is 1. The van der Waals surface area contributed by atoms with Crippen molar-refractivity contribution >= 4 is 16.8 Å². The molecule has 9 nitrogen and oxygen atoms in total. The van der Waals surface area contributed by atoms with Gasteiger partial charge in [-0.05, 0) is 35.9 Å². The normalized spacial score (nSPS) is 13.7. The molecule has 0 bridgehead atoms. The van der Waals surface area contributed by atoms with Crippen LogP contribution in [0.1, 0.15) is 18.5 Å². The lowest BCUT2D eigenvalue weighted by Crippen LogP contribution is -2.54. The van der Waals surface area contributed by atoms with Gasteiger partial charge in [-0.25, -0.2) is 13.6 Å². The molecule has 1 saturated heterocycles. The number of benzene rings is 2. The van der Waals surface area contributed by atoms with Crippen LogP contribution in [0.4, 0.5) is 8.78 Å². The molecule has 2 heterocycles. The minimum Gasteiger partial charge on any atom is -0.493 e. The summed E-state index contributed by atoms with van der Waals surface area (Å²) < 4.78 is 44.5. The lowest BCUT2D eigenvalue weighted by atomic mass is 10.1. The second-order valence-electron chi connectivity index (χ2n) is 8.54. The maximum Gasteiger partial charge on any atom is 0.332 e. The number of aromatic nitrogens is 2. The minimum atomic E-state index is -1.29. The Balaban J connectivity index is 1.84. The maximum absolute atomic E-state index is 13.6. The van der Waals surface area contributed by atoms with Gasteiger partial charge in [-0.1, -0.05) is 6.07 Å². The molecule has 0 spiro atoms. The molecule has 1 aliphatic heterocycles. The van der Waals surface area contributed by atoms with Crippen LogP contribution < -0.4 is 25.5 Å². The molecule has 1 fully saturated rings. The van der Waals surface area contributed by atoms with Crippen LogP contribution in [-0.4, -0.2) is 66.7 Å². The van der Waals surface area contributed by atoms with E-state index in [1.54, 1.807) is 23.1 Å². The molecule has 0 N–H and O–H groups in total. The van der Waals surface area contributed by atoms with Gasteiger partial charge in [0.15, 0.2) is 17.6 Å². The molecule has 3 aromatic rings. The number of hydrogen-bond donors (Lipinski definition) is 0. The summed E-state index contributed by atoms with van der Waals surface area (Å²) in [5.74, 6) is 0.947. The Labute approximate surface area is 205 Å². The lowest BCUT2D eigenvalue weighted by molar-refractivity contribution is -0.134. The summed E-state index contributed by atoms with van der Waals surface area (Å²) in [7, 11) is 2.99. The molecule has 4 rings (SSSR count). The standard InChI is InChI=1S/C25H27F2N3O6/c1-15(31)28-13-17(14-28)30-21-6-5-18(36-19(10-26)11-27)9-20(21)24(32)29(25(30)33)12-16-4-7-22(34-2)23(8-16)35-3/h4-9,17,19H,10-14H2,1-3H3. The monoisotopic (exact) mass is 503 g/mol. The van der Waals surface area contributed by atoms with E-state index in [4.69, 9.17) is 14.2 Å². The van der Waals surface area contributed by atoms with Crippen molar-refractivity contribution in [2.45, 2.75) is 25.6 Å². The number of rotatable bonds is 9. The van der Waals surface area contributed by atoms with E-state index in [0.29, 0.717) is 35.7 Å². The SMILES string of the molecule is COc1ccc(Cn2c(=O)c3cc(OC(CF)CF)ccc3n(C3CN(C(C)=O)C3)c2=O)cc1OC. The van der Waals surface area contributed by atoms with Crippen LogP contribution >= 0.6 is 0 Å². The Bertz CT molecular complexity index is 1390. The molecular formula is C25H27F2N3O6. The van der Waals surface area contributed by atoms with E-state index in [1.165, 1.54) is 43.9 Å². The topological polar surface area (TPSA) is 92.0 Å². The van der Waals surface area contributed by atoms with Crippen molar-refractivity contribution in [1.82, 2.24) is 14.0 Å². The largest absolute Gasteiger partial charge is 0.493 e. The summed E-state index contributed by atoms with van der Waals surface area (Å²) in [5.41, 5.74) is -0.133. The van der Waals surface area contributed by atoms with Crippen LogP contribution in [-0.2, 0) is 11.3 Å². The molecule has 1 aliphatic rings. The second kappa shape index (κ2) is 10.4. The molecule has 36 heavy (non-hydrogen) atoms. The Morgan fingerprint density at radius 3 is 2.33 bits per heavy atom. The van der Waals surface area contributed by atoms with Gasteiger partial charge in [0, 0.05) is 20.0 Å². The van der Waals surface area contributed by atoms with E-state index in [2.05, 4.69) is 0 Å².